The zero-order chi connectivity index (χ0) is 19.1. The van der Waals surface area contributed by atoms with E-state index in [4.69, 9.17) is 0 Å². The highest BCUT2D eigenvalue weighted by molar-refractivity contribution is 5.92. The summed E-state index contributed by atoms with van der Waals surface area (Å²) in [4.78, 5) is 14.8. The van der Waals surface area contributed by atoms with Gasteiger partial charge in [-0.1, -0.05) is 37.3 Å². The molecule has 1 saturated heterocycles. The molecule has 3 nitrogen and oxygen atoms in total. The van der Waals surface area contributed by atoms with E-state index in [0.29, 0.717) is 5.92 Å². The summed E-state index contributed by atoms with van der Waals surface area (Å²) in [6.45, 7) is 5.12. The van der Waals surface area contributed by atoms with Crippen LogP contribution in [-0.4, -0.2) is 30.4 Å². The number of para-hydroxylation sites is 1. The molecule has 1 heterocycles. The smallest absolute Gasteiger partial charge is 0.227 e. The Morgan fingerprint density at radius 1 is 1.15 bits per heavy atom. The van der Waals surface area contributed by atoms with Crippen LogP contribution in [0.2, 0.25) is 0 Å². The second-order valence-corrected chi connectivity index (χ2v) is 7.66. The molecular formula is C23H29FN2O. The molecule has 1 amide bonds. The largest absolute Gasteiger partial charge is 0.326 e. The van der Waals surface area contributed by atoms with Crippen molar-refractivity contribution < 1.29 is 9.18 Å². The lowest BCUT2D eigenvalue weighted by atomic mass is 9.87. The fourth-order valence-corrected chi connectivity index (χ4v) is 3.82. The Morgan fingerprint density at radius 2 is 1.89 bits per heavy atom. The Morgan fingerprint density at radius 3 is 2.59 bits per heavy atom. The quantitative estimate of drug-likeness (QED) is 0.765. The predicted molar refractivity (Wildman–Crippen MR) is 108 cm³/mol. The number of piperidine rings is 1. The molecule has 1 fully saturated rings. The lowest BCUT2D eigenvalue weighted by Gasteiger charge is -2.33. The monoisotopic (exact) mass is 368 g/mol. The predicted octanol–water partition coefficient (Wildman–Crippen LogP) is 4.75. The maximum atomic E-state index is 13.3. The van der Waals surface area contributed by atoms with E-state index in [1.807, 2.05) is 43.3 Å². The topological polar surface area (TPSA) is 32.3 Å². The van der Waals surface area contributed by atoms with Crippen molar-refractivity contribution in [2.45, 2.75) is 32.6 Å². The first kappa shape index (κ1) is 19.6. The van der Waals surface area contributed by atoms with Crippen LogP contribution in [0.3, 0.4) is 0 Å². The Hall–Kier alpha value is -2.20. The Bertz CT molecular complexity index is 726. The average molecular weight is 368 g/mol. The molecular weight excluding hydrogens is 339 g/mol. The fourth-order valence-electron chi connectivity index (χ4n) is 3.82. The van der Waals surface area contributed by atoms with Crippen LogP contribution in [0, 0.1) is 17.7 Å². The molecule has 4 heteroatoms. The van der Waals surface area contributed by atoms with Gasteiger partial charge >= 0.3 is 0 Å². The van der Waals surface area contributed by atoms with E-state index in [1.165, 1.54) is 6.07 Å². The first-order chi connectivity index (χ1) is 13.1. The van der Waals surface area contributed by atoms with Gasteiger partial charge < -0.3 is 10.2 Å². The molecule has 1 aliphatic rings. The van der Waals surface area contributed by atoms with E-state index in [-0.39, 0.29) is 17.6 Å². The molecule has 2 aromatic rings. The molecule has 1 atom stereocenters. The number of amides is 1. The van der Waals surface area contributed by atoms with Crippen LogP contribution in [0.4, 0.5) is 10.1 Å². The summed E-state index contributed by atoms with van der Waals surface area (Å²) < 4.78 is 13.3. The minimum Gasteiger partial charge on any atom is -0.326 e. The highest BCUT2D eigenvalue weighted by atomic mass is 19.1. The summed E-state index contributed by atoms with van der Waals surface area (Å²) in [5.41, 5.74) is 1.92. The number of nitrogens with one attached hydrogen (secondary N) is 1. The number of carbonyl (C=O) groups is 1. The molecule has 1 N–H and O–H groups in total. The third-order valence-electron chi connectivity index (χ3n) is 5.49. The Kier molecular flexibility index (Phi) is 6.99. The molecule has 0 radical (unpaired) electrons. The number of carbonyl (C=O) groups excluding carboxylic acids is 1. The van der Waals surface area contributed by atoms with Gasteiger partial charge in [0.15, 0.2) is 0 Å². The summed E-state index contributed by atoms with van der Waals surface area (Å²) in [5.74, 6) is 0.574. The minimum atomic E-state index is -0.158. The molecule has 1 aliphatic heterocycles. The molecule has 1 unspecified atom stereocenters. The van der Waals surface area contributed by atoms with Crippen molar-refractivity contribution in [3.05, 3.63) is 66.0 Å². The van der Waals surface area contributed by atoms with Gasteiger partial charge in [0.05, 0.1) is 0 Å². The number of likely N-dealkylation sites (tertiary alicyclic amines) is 1. The van der Waals surface area contributed by atoms with E-state index in [2.05, 4.69) is 10.2 Å². The van der Waals surface area contributed by atoms with E-state index >= 15 is 0 Å². The number of halogens is 1. The van der Waals surface area contributed by atoms with Crippen molar-refractivity contribution >= 4 is 11.6 Å². The SMILES string of the molecule is CC(CC1CCN(CCc2cccc(F)c2)CC1)C(=O)Nc1ccccc1. The third-order valence-corrected chi connectivity index (χ3v) is 5.49. The van der Waals surface area contributed by atoms with Crippen molar-refractivity contribution in [1.29, 1.82) is 0 Å². The van der Waals surface area contributed by atoms with Gasteiger partial charge in [-0.2, -0.15) is 0 Å². The van der Waals surface area contributed by atoms with Crippen molar-refractivity contribution in [3.8, 4) is 0 Å². The van der Waals surface area contributed by atoms with Crippen LogP contribution in [0.25, 0.3) is 0 Å². The van der Waals surface area contributed by atoms with Gasteiger partial charge in [0.2, 0.25) is 5.91 Å². The van der Waals surface area contributed by atoms with Crippen molar-refractivity contribution in [3.63, 3.8) is 0 Å². The second kappa shape index (κ2) is 9.65. The number of anilines is 1. The first-order valence-electron chi connectivity index (χ1n) is 9.93. The zero-order valence-electron chi connectivity index (χ0n) is 16.0. The van der Waals surface area contributed by atoms with Crippen LogP contribution in [-0.2, 0) is 11.2 Å². The van der Waals surface area contributed by atoms with Gasteiger partial charge in [-0.05, 0) is 74.5 Å². The van der Waals surface area contributed by atoms with Gasteiger partial charge in [0.25, 0.3) is 0 Å². The second-order valence-electron chi connectivity index (χ2n) is 7.66. The molecule has 3 rings (SSSR count). The molecule has 0 saturated carbocycles. The number of nitrogens with zero attached hydrogens (tertiary/aromatic N) is 1. The maximum absolute atomic E-state index is 13.3. The van der Waals surface area contributed by atoms with Crippen molar-refractivity contribution in [2.75, 3.05) is 25.0 Å². The third kappa shape index (κ3) is 6.17. The van der Waals surface area contributed by atoms with Crippen LogP contribution < -0.4 is 5.32 Å². The summed E-state index contributed by atoms with van der Waals surface area (Å²) in [5, 5.41) is 3.00. The van der Waals surface area contributed by atoms with Gasteiger partial charge in [-0.3, -0.25) is 4.79 Å². The summed E-state index contributed by atoms with van der Waals surface area (Å²) in [6, 6.07) is 16.5. The van der Waals surface area contributed by atoms with E-state index in [0.717, 1.165) is 56.6 Å². The molecule has 0 bridgehead atoms. The highest BCUT2D eigenvalue weighted by Crippen LogP contribution is 2.25. The van der Waals surface area contributed by atoms with Crippen LogP contribution in [0.15, 0.2) is 54.6 Å². The van der Waals surface area contributed by atoms with E-state index < -0.39 is 0 Å². The van der Waals surface area contributed by atoms with Crippen LogP contribution in [0.5, 0.6) is 0 Å². The molecule has 0 spiro atoms. The number of benzene rings is 2. The Labute approximate surface area is 161 Å². The van der Waals surface area contributed by atoms with Crippen molar-refractivity contribution in [2.24, 2.45) is 11.8 Å². The number of rotatable bonds is 7. The maximum Gasteiger partial charge on any atom is 0.227 e. The molecule has 27 heavy (non-hydrogen) atoms. The molecule has 0 aromatic heterocycles. The van der Waals surface area contributed by atoms with Gasteiger partial charge in [0.1, 0.15) is 5.82 Å². The lowest BCUT2D eigenvalue weighted by molar-refractivity contribution is -0.120. The highest BCUT2D eigenvalue weighted by Gasteiger charge is 2.23. The van der Waals surface area contributed by atoms with Gasteiger partial charge in [-0.25, -0.2) is 4.39 Å². The average Bonchev–Trinajstić information content (AvgIpc) is 2.68. The van der Waals surface area contributed by atoms with Gasteiger partial charge in [-0.15, -0.1) is 0 Å². The molecule has 2 aromatic carbocycles. The van der Waals surface area contributed by atoms with E-state index in [9.17, 15) is 9.18 Å². The lowest BCUT2D eigenvalue weighted by Crippen LogP contribution is -2.36. The summed E-state index contributed by atoms with van der Waals surface area (Å²) >= 11 is 0. The van der Waals surface area contributed by atoms with E-state index in [1.54, 1.807) is 12.1 Å². The standard InChI is InChI=1S/C23H29FN2O/c1-18(23(27)25-22-8-3-2-4-9-22)16-20-11-14-26(15-12-20)13-10-19-6-5-7-21(24)17-19/h2-9,17-18,20H,10-16H2,1H3,(H,25,27). The first-order valence-corrected chi connectivity index (χ1v) is 9.93. The molecule has 0 aliphatic carbocycles. The van der Waals surface area contributed by atoms with Crippen LogP contribution >= 0.6 is 0 Å². The minimum absolute atomic E-state index is 0.0223. The summed E-state index contributed by atoms with van der Waals surface area (Å²) in [6.07, 6.45) is 4.09. The van der Waals surface area contributed by atoms with Crippen LogP contribution in [0.1, 0.15) is 31.7 Å². The molecule has 144 valence electrons. The zero-order valence-corrected chi connectivity index (χ0v) is 16.0. The Balaban J connectivity index is 1.38. The number of hydrogen-bond acceptors (Lipinski definition) is 2. The fraction of sp³-hybridized carbons (Fsp3) is 0.435. The van der Waals surface area contributed by atoms with Crippen molar-refractivity contribution in [1.82, 2.24) is 4.90 Å². The van der Waals surface area contributed by atoms with Gasteiger partial charge in [0, 0.05) is 18.2 Å². The normalized spacial score (nSPS) is 16.8. The summed E-state index contributed by atoms with van der Waals surface area (Å²) in [7, 11) is 0. The number of hydrogen-bond donors (Lipinski definition) is 1.